The summed E-state index contributed by atoms with van der Waals surface area (Å²) in [5, 5.41) is 4.75. The van der Waals surface area contributed by atoms with Crippen molar-refractivity contribution in [3.63, 3.8) is 0 Å². The first-order valence-electron chi connectivity index (χ1n) is 9.11. The van der Waals surface area contributed by atoms with Crippen LogP contribution in [0.3, 0.4) is 0 Å². The standard InChI is InChI=1S/C22H20N2O3/c1-2-4-19-18(3-1)16(12-24-19)9-10-23-13-17-6-8-20(27-17)15-5-7-21-22(11-15)26-14-25-21/h1-8,11-12,23-24H,9-10,13-14H2. The number of rotatable bonds is 6. The minimum absolute atomic E-state index is 0.280. The molecular formula is C22H20N2O3. The van der Waals surface area contributed by atoms with Gasteiger partial charge in [0.15, 0.2) is 11.5 Å². The third kappa shape index (κ3) is 3.17. The van der Waals surface area contributed by atoms with Crippen LogP contribution in [0.1, 0.15) is 11.3 Å². The average molecular weight is 360 g/mol. The number of H-pyrrole nitrogens is 1. The number of benzene rings is 2. The fourth-order valence-corrected chi connectivity index (χ4v) is 3.45. The lowest BCUT2D eigenvalue weighted by Crippen LogP contribution is -2.16. The fraction of sp³-hybridized carbons (Fsp3) is 0.182. The van der Waals surface area contributed by atoms with E-state index in [0.717, 1.165) is 41.5 Å². The molecule has 0 amide bonds. The SMILES string of the molecule is c1ccc2c(CCNCc3ccc(-c4ccc5c(c4)OCO5)o3)c[nH]c2c1. The first-order valence-corrected chi connectivity index (χ1v) is 9.11. The molecule has 5 nitrogen and oxygen atoms in total. The topological polar surface area (TPSA) is 59.4 Å². The van der Waals surface area contributed by atoms with Crippen molar-refractivity contribution in [3.8, 4) is 22.8 Å². The van der Waals surface area contributed by atoms with Gasteiger partial charge in [-0.15, -0.1) is 0 Å². The fourth-order valence-electron chi connectivity index (χ4n) is 3.45. The molecule has 2 aromatic carbocycles. The van der Waals surface area contributed by atoms with Crippen molar-refractivity contribution in [1.29, 1.82) is 0 Å². The number of aromatic amines is 1. The molecule has 27 heavy (non-hydrogen) atoms. The molecule has 4 aromatic rings. The molecule has 0 radical (unpaired) electrons. The zero-order valence-electron chi connectivity index (χ0n) is 14.8. The first-order chi connectivity index (χ1) is 13.4. The Labute approximate surface area is 156 Å². The Morgan fingerprint density at radius 1 is 0.963 bits per heavy atom. The van der Waals surface area contributed by atoms with E-state index in [1.165, 1.54) is 16.5 Å². The second-order valence-corrected chi connectivity index (χ2v) is 6.62. The summed E-state index contributed by atoms with van der Waals surface area (Å²) in [5.74, 6) is 3.30. The molecule has 0 aliphatic carbocycles. The Bertz CT molecular complexity index is 1080. The van der Waals surface area contributed by atoms with Gasteiger partial charge in [0, 0.05) is 22.7 Å². The summed E-state index contributed by atoms with van der Waals surface area (Å²) >= 11 is 0. The van der Waals surface area contributed by atoms with Crippen LogP contribution >= 0.6 is 0 Å². The first kappa shape index (κ1) is 16.0. The Balaban J connectivity index is 1.19. The highest BCUT2D eigenvalue weighted by Gasteiger charge is 2.15. The number of para-hydroxylation sites is 1. The summed E-state index contributed by atoms with van der Waals surface area (Å²) < 4.78 is 16.8. The molecule has 0 spiro atoms. The zero-order chi connectivity index (χ0) is 18.1. The van der Waals surface area contributed by atoms with Crippen molar-refractivity contribution in [3.05, 3.63) is 72.1 Å². The highest BCUT2D eigenvalue weighted by molar-refractivity contribution is 5.83. The lowest BCUT2D eigenvalue weighted by atomic mass is 10.1. The molecule has 1 aliphatic rings. The molecule has 0 saturated heterocycles. The van der Waals surface area contributed by atoms with Gasteiger partial charge in [0.1, 0.15) is 11.5 Å². The summed E-state index contributed by atoms with van der Waals surface area (Å²) in [6.45, 7) is 1.87. The highest BCUT2D eigenvalue weighted by Crippen LogP contribution is 2.36. The molecule has 2 N–H and O–H groups in total. The molecule has 0 atom stereocenters. The summed E-state index contributed by atoms with van der Waals surface area (Å²) in [6.07, 6.45) is 3.07. The lowest BCUT2D eigenvalue weighted by molar-refractivity contribution is 0.174. The number of ether oxygens (including phenoxy) is 2. The molecule has 0 fully saturated rings. The Kier molecular flexibility index (Phi) is 4.07. The minimum Gasteiger partial charge on any atom is -0.460 e. The van der Waals surface area contributed by atoms with Crippen LogP contribution in [0, 0.1) is 0 Å². The maximum absolute atomic E-state index is 5.97. The molecule has 1 aliphatic heterocycles. The van der Waals surface area contributed by atoms with Crippen LogP contribution in [-0.2, 0) is 13.0 Å². The largest absolute Gasteiger partial charge is 0.460 e. The normalized spacial score (nSPS) is 12.7. The average Bonchev–Trinajstić information content (AvgIpc) is 3.44. The van der Waals surface area contributed by atoms with Crippen molar-refractivity contribution in [2.75, 3.05) is 13.3 Å². The second-order valence-electron chi connectivity index (χ2n) is 6.62. The van der Waals surface area contributed by atoms with Crippen molar-refractivity contribution in [2.24, 2.45) is 0 Å². The van der Waals surface area contributed by atoms with Crippen molar-refractivity contribution >= 4 is 10.9 Å². The third-order valence-corrected chi connectivity index (χ3v) is 4.86. The quantitative estimate of drug-likeness (QED) is 0.498. The van der Waals surface area contributed by atoms with Crippen LogP contribution in [0.25, 0.3) is 22.2 Å². The van der Waals surface area contributed by atoms with Gasteiger partial charge in [-0.1, -0.05) is 18.2 Å². The molecule has 0 saturated carbocycles. The Morgan fingerprint density at radius 3 is 2.89 bits per heavy atom. The van der Waals surface area contributed by atoms with E-state index in [1.807, 2.05) is 30.3 Å². The highest BCUT2D eigenvalue weighted by atomic mass is 16.7. The van der Waals surface area contributed by atoms with Gasteiger partial charge in [0.05, 0.1) is 6.54 Å². The zero-order valence-corrected chi connectivity index (χ0v) is 14.8. The second kappa shape index (κ2) is 6.85. The van der Waals surface area contributed by atoms with Crippen LogP contribution in [-0.4, -0.2) is 18.3 Å². The molecule has 136 valence electrons. The van der Waals surface area contributed by atoms with Gasteiger partial charge in [-0.3, -0.25) is 0 Å². The van der Waals surface area contributed by atoms with Gasteiger partial charge in [0.2, 0.25) is 6.79 Å². The molecule has 2 aromatic heterocycles. The number of furan rings is 1. The maximum Gasteiger partial charge on any atom is 0.231 e. The van der Waals surface area contributed by atoms with Crippen LogP contribution in [0.2, 0.25) is 0 Å². The van der Waals surface area contributed by atoms with E-state index in [0.29, 0.717) is 6.54 Å². The van der Waals surface area contributed by atoms with Gasteiger partial charge in [-0.2, -0.15) is 0 Å². The smallest absolute Gasteiger partial charge is 0.231 e. The van der Waals surface area contributed by atoms with E-state index >= 15 is 0 Å². The van der Waals surface area contributed by atoms with Crippen molar-refractivity contribution in [1.82, 2.24) is 10.3 Å². The molecular weight excluding hydrogens is 340 g/mol. The summed E-state index contributed by atoms with van der Waals surface area (Å²) in [7, 11) is 0. The molecule has 0 unspecified atom stereocenters. The molecule has 0 bridgehead atoms. The van der Waals surface area contributed by atoms with Crippen LogP contribution < -0.4 is 14.8 Å². The van der Waals surface area contributed by atoms with Gasteiger partial charge in [0.25, 0.3) is 0 Å². The number of aromatic nitrogens is 1. The van der Waals surface area contributed by atoms with Gasteiger partial charge in [-0.25, -0.2) is 0 Å². The summed E-state index contributed by atoms with van der Waals surface area (Å²) in [6, 6.07) is 18.3. The predicted octanol–water partition coefficient (Wildman–Crippen LogP) is 4.49. The minimum atomic E-state index is 0.280. The summed E-state index contributed by atoms with van der Waals surface area (Å²) in [4.78, 5) is 3.32. The number of hydrogen-bond acceptors (Lipinski definition) is 4. The van der Waals surface area contributed by atoms with E-state index < -0.39 is 0 Å². The predicted molar refractivity (Wildman–Crippen MR) is 104 cm³/mol. The molecule has 5 rings (SSSR count). The van der Waals surface area contributed by atoms with E-state index in [2.05, 4.69) is 40.8 Å². The van der Waals surface area contributed by atoms with Crippen molar-refractivity contribution in [2.45, 2.75) is 13.0 Å². The van der Waals surface area contributed by atoms with Gasteiger partial charge < -0.3 is 24.2 Å². The number of nitrogens with one attached hydrogen (secondary N) is 2. The van der Waals surface area contributed by atoms with E-state index in [1.54, 1.807) is 0 Å². The summed E-state index contributed by atoms with van der Waals surface area (Å²) in [5.41, 5.74) is 3.51. The van der Waals surface area contributed by atoms with Crippen LogP contribution in [0.15, 0.2) is 65.2 Å². The number of fused-ring (bicyclic) bond motifs is 2. The van der Waals surface area contributed by atoms with Crippen LogP contribution in [0.5, 0.6) is 11.5 Å². The van der Waals surface area contributed by atoms with E-state index in [9.17, 15) is 0 Å². The van der Waals surface area contributed by atoms with Crippen molar-refractivity contribution < 1.29 is 13.9 Å². The monoisotopic (exact) mass is 360 g/mol. The van der Waals surface area contributed by atoms with Gasteiger partial charge in [-0.05, 0) is 54.9 Å². The Morgan fingerprint density at radius 2 is 1.89 bits per heavy atom. The van der Waals surface area contributed by atoms with Crippen LogP contribution in [0.4, 0.5) is 0 Å². The van der Waals surface area contributed by atoms with Gasteiger partial charge >= 0.3 is 0 Å². The Hall–Kier alpha value is -3.18. The van der Waals surface area contributed by atoms with E-state index in [4.69, 9.17) is 13.9 Å². The molecule has 3 heterocycles. The van der Waals surface area contributed by atoms with E-state index in [-0.39, 0.29) is 6.79 Å². The number of hydrogen-bond donors (Lipinski definition) is 2. The third-order valence-electron chi connectivity index (χ3n) is 4.86. The lowest BCUT2D eigenvalue weighted by Gasteiger charge is -2.03. The molecule has 5 heteroatoms. The maximum atomic E-state index is 5.97.